The Morgan fingerprint density at radius 2 is 2.00 bits per heavy atom. The first-order valence-corrected chi connectivity index (χ1v) is 5.93. The monoisotopic (exact) mass is 235 g/mol. The van der Waals surface area contributed by atoms with Crippen molar-refractivity contribution >= 4 is 12.0 Å². The maximum Gasteiger partial charge on any atom is 0.302 e. The van der Waals surface area contributed by atoms with E-state index in [-0.39, 0.29) is 0 Å². The first kappa shape index (κ1) is 13.4. The fourth-order valence-electron chi connectivity index (χ4n) is 1.63. The Morgan fingerprint density at radius 1 is 1.29 bits per heavy atom. The lowest BCUT2D eigenvalue weighted by Crippen LogP contribution is -2.27. The lowest BCUT2D eigenvalue weighted by atomic mass is 10.2. The third-order valence-electron chi connectivity index (χ3n) is 2.67. The minimum absolute atomic E-state index is 0.404. The largest absolute Gasteiger partial charge is 0.302 e. The lowest BCUT2D eigenvalue weighted by Gasteiger charge is -2.08. The Balaban J connectivity index is 2.71. The molecular weight excluding hydrogens is 216 g/mol. The van der Waals surface area contributed by atoms with Crippen LogP contribution in [0.2, 0.25) is 0 Å². The Hall–Kier alpha value is -1.71. The number of hydrogen-bond donors (Lipinski definition) is 0. The average molecular weight is 235 g/mol. The smallest absolute Gasteiger partial charge is 0.298 e. The van der Waals surface area contributed by atoms with Crippen LogP contribution in [0, 0.1) is 4.91 Å². The van der Waals surface area contributed by atoms with Gasteiger partial charge in [0.1, 0.15) is 0 Å². The van der Waals surface area contributed by atoms with Gasteiger partial charge < -0.3 is 0 Å². The SMILES string of the molecule is CCCCCN(C)[N+](=O)c1ccccc1C=O. The molecule has 0 fully saturated rings. The average Bonchev–Trinajstić information content (AvgIpc) is 2.38. The third-order valence-corrected chi connectivity index (χ3v) is 2.67. The Kier molecular flexibility index (Phi) is 5.33. The molecule has 4 heteroatoms. The summed E-state index contributed by atoms with van der Waals surface area (Å²) in [4.78, 5) is 23.6. The van der Waals surface area contributed by atoms with Crippen molar-refractivity contribution in [2.24, 2.45) is 0 Å². The van der Waals surface area contributed by atoms with Gasteiger partial charge in [-0.05, 0) is 12.5 Å². The van der Waals surface area contributed by atoms with E-state index in [4.69, 9.17) is 0 Å². The van der Waals surface area contributed by atoms with Crippen molar-refractivity contribution < 1.29 is 9.66 Å². The summed E-state index contributed by atoms with van der Waals surface area (Å²) in [6.07, 6.45) is 3.92. The minimum Gasteiger partial charge on any atom is -0.298 e. The normalized spacial score (nSPS) is 10.0. The molecule has 0 amide bonds. The van der Waals surface area contributed by atoms with Crippen molar-refractivity contribution in [3.05, 3.63) is 34.7 Å². The molecule has 0 aromatic heterocycles. The molecule has 0 radical (unpaired) electrons. The number of unbranched alkanes of at least 4 members (excludes halogenated alkanes) is 2. The molecule has 0 atom stereocenters. The van der Waals surface area contributed by atoms with Crippen LogP contribution in [0.15, 0.2) is 24.3 Å². The zero-order valence-electron chi connectivity index (χ0n) is 10.4. The highest BCUT2D eigenvalue weighted by Gasteiger charge is 2.22. The summed E-state index contributed by atoms with van der Waals surface area (Å²) >= 11 is 0. The number of carbonyl (C=O) groups excluding carboxylic acids is 1. The van der Waals surface area contributed by atoms with E-state index >= 15 is 0 Å². The molecule has 0 aliphatic rings. The minimum atomic E-state index is 0.404. The van der Waals surface area contributed by atoms with E-state index in [1.165, 1.54) is 0 Å². The van der Waals surface area contributed by atoms with E-state index in [0.717, 1.165) is 24.1 Å². The topological polar surface area (TPSA) is 40.4 Å². The molecule has 0 spiro atoms. The lowest BCUT2D eigenvalue weighted by molar-refractivity contribution is -0.635. The number of para-hydroxylation sites is 1. The summed E-state index contributed by atoms with van der Waals surface area (Å²) in [6, 6.07) is 6.81. The molecule has 0 saturated heterocycles. The second-order valence-electron chi connectivity index (χ2n) is 4.04. The van der Waals surface area contributed by atoms with Crippen LogP contribution in [0.4, 0.5) is 5.69 Å². The van der Waals surface area contributed by atoms with Crippen molar-refractivity contribution in [2.45, 2.75) is 26.2 Å². The van der Waals surface area contributed by atoms with Gasteiger partial charge in [-0.3, -0.25) is 4.79 Å². The van der Waals surface area contributed by atoms with Crippen LogP contribution < -0.4 is 0 Å². The molecule has 0 N–H and O–H groups in total. The standard InChI is InChI=1S/C13H19N2O2/c1-3-4-7-10-14(2)15(17)13-9-6-5-8-12(13)11-16/h5-6,8-9,11H,3-4,7,10H2,1-2H3/q+1. The summed E-state index contributed by atoms with van der Waals surface area (Å²) in [6.45, 7) is 2.82. The summed E-state index contributed by atoms with van der Waals surface area (Å²) in [5, 5.41) is 1.60. The molecule has 0 aliphatic heterocycles. The zero-order chi connectivity index (χ0) is 12.7. The van der Waals surface area contributed by atoms with Gasteiger partial charge in [-0.2, -0.15) is 0 Å². The molecule has 0 saturated carbocycles. The molecule has 0 unspecified atom stereocenters. The van der Waals surface area contributed by atoms with Gasteiger partial charge in [-0.1, -0.05) is 31.9 Å². The van der Waals surface area contributed by atoms with Gasteiger partial charge in [0, 0.05) is 6.07 Å². The molecule has 17 heavy (non-hydrogen) atoms. The number of nitrogens with zero attached hydrogens (tertiary/aromatic N) is 2. The van der Waals surface area contributed by atoms with Crippen LogP contribution in [0.25, 0.3) is 0 Å². The predicted molar refractivity (Wildman–Crippen MR) is 67.3 cm³/mol. The van der Waals surface area contributed by atoms with Crippen molar-refractivity contribution in [3.63, 3.8) is 0 Å². The van der Waals surface area contributed by atoms with Gasteiger partial charge in [0.2, 0.25) is 0 Å². The Bertz CT molecular complexity index is 391. The molecule has 1 rings (SSSR count). The van der Waals surface area contributed by atoms with Gasteiger partial charge in [-0.15, -0.1) is 5.01 Å². The van der Waals surface area contributed by atoms with E-state index in [9.17, 15) is 9.70 Å². The Morgan fingerprint density at radius 3 is 2.65 bits per heavy atom. The fourth-order valence-corrected chi connectivity index (χ4v) is 1.63. The van der Waals surface area contributed by atoms with Gasteiger partial charge in [0.15, 0.2) is 11.2 Å². The van der Waals surface area contributed by atoms with Crippen LogP contribution in [0.1, 0.15) is 36.5 Å². The number of hydrogen-bond acceptors (Lipinski definition) is 2. The van der Waals surface area contributed by atoms with Gasteiger partial charge in [0.25, 0.3) is 0 Å². The number of rotatable bonds is 7. The van der Waals surface area contributed by atoms with E-state index in [0.29, 0.717) is 24.1 Å². The predicted octanol–water partition coefficient (Wildman–Crippen LogP) is 2.95. The van der Waals surface area contributed by atoms with Gasteiger partial charge >= 0.3 is 5.69 Å². The van der Waals surface area contributed by atoms with Crippen LogP contribution in [-0.2, 0) is 0 Å². The van der Waals surface area contributed by atoms with Crippen molar-refractivity contribution in [3.8, 4) is 0 Å². The molecule has 92 valence electrons. The summed E-state index contributed by atoms with van der Waals surface area (Å²) in [5.74, 6) is 0. The first-order chi connectivity index (χ1) is 8.20. The van der Waals surface area contributed by atoms with E-state index < -0.39 is 0 Å². The maximum atomic E-state index is 12.0. The second kappa shape index (κ2) is 6.78. The van der Waals surface area contributed by atoms with E-state index in [1.54, 1.807) is 36.3 Å². The Labute approximate surface area is 102 Å². The molecular formula is C13H19N2O2+. The molecule has 1 aromatic carbocycles. The molecule has 0 heterocycles. The van der Waals surface area contributed by atoms with Crippen LogP contribution in [0.3, 0.4) is 0 Å². The molecule has 0 aliphatic carbocycles. The quantitative estimate of drug-likeness (QED) is 0.316. The fraction of sp³-hybridized carbons (Fsp3) is 0.462. The van der Waals surface area contributed by atoms with Crippen molar-refractivity contribution in [1.29, 1.82) is 0 Å². The highest BCUT2D eigenvalue weighted by atomic mass is 16.3. The van der Waals surface area contributed by atoms with Crippen LogP contribution >= 0.6 is 0 Å². The van der Waals surface area contributed by atoms with E-state index in [2.05, 4.69) is 6.92 Å². The summed E-state index contributed by atoms with van der Waals surface area (Å²) < 4.78 is 0. The highest BCUT2D eigenvalue weighted by molar-refractivity contribution is 5.80. The number of nitroso groups, excluding NO2 is 1. The number of aldehydes is 1. The zero-order valence-corrected chi connectivity index (χ0v) is 10.4. The maximum absolute atomic E-state index is 12.0. The van der Waals surface area contributed by atoms with E-state index in [1.807, 2.05) is 0 Å². The number of carbonyl (C=O) groups is 1. The second-order valence-corrected chi connectivity index (χ2v) is 4.04. The molecule has 0 bridgehead atoms. The number of hydrazine groups is 1. The van der Waals surface area contributed by atoms with Crippen molar-refractivity contribution in [2.75, 3.05) is 13.6 Å². The highest BCUT2D eigenvalue weighted by Crippen LogP contribution is 2.17. The molecule has 1 aromatic rings. The van der Waals surface area contributed by atoms with Crippen LogP contribution in [0.5, 0.6) is 0 Å². The number of benzene rings is 1. The van der Waals surface area contributed by atoms with Crippen molar-refractivity contribution in [1.82, 2.24) is 5.01 Å². The van der Waals surface area contributed by atoms with Gasteiger partial charge in [0.05, 0.1) is 24.1 Å². The first-order valence-electron chi connectivity index (χ1n) is 5.93. The third kappa shape index (κ3) is 3.66. The summed E-state index contributed by atoms with van der Waals surface area (Å²) in [5.41, 5.74) is 0.825. The van der Waals surface area contributed by atoms with Crippen LogP contribution in [-0.4, -0.2) is 29.8 Å². The summed E-state index contributed by atoms with van der Waals surface area (Å²) in [7, 11) is 1.74. The van der Waals surface area contributed by atoms with Gasteiger partial charge in [-0.25, -0.2) is 0 Å². The molecule has 4 nitrogen and oxygen atoms in total.